The molecule has 1 aromatic carbocycles. The molecule has 0 unspecified atom stereocenters. The van der Waals surface area contributed by atoms with Gasteiger partial charge in [-0.2, -0.15) is 0 Å². The number of hydrogen-bond acceptors (Lipinski definition) is 1. The molecule has 1 heterocycles. The Labute approximate surface area is 78.8 Å². The van der Waals surface area contributed by atoms with Crippen LogP contribution in [0, 0.1) is 0 Å². The Bertz CT molecular complexity index is 334. The summed E-state index contributed by atoms with van der Waals surface area (Å²) in [6.07, 6.45) is 7.26. The third-order valence-electron chi connectivity index (χ3n) is 2.18. The van der Waals surface area contributed by atoms with E-state index in [-0.39, 0.29) is 0 Å². The van der Waals surface area contributed by atoms with Gasteiger partial charge in [-0.1, -0.05) is 30.4 Å². The van der Waals surface area contributed by atoms with Gasteiger partial charge in [0.25, 0.3) is 0 Å². The molecule has 0 amide bonds. The Morgan fingerprint density at radius 3 is 2.92 bits per heavy atom. The minimum absolute atomic E-state index is 1.03. The van der Waals surface area contributed by atoms with Crippen LogP contribution in [0.2, 0.25) is 0 Å². The summed E-state index contributed by atoms with van der Waals surface area (Å²) in [6.45, 7) is 2.03. The van der Waals surface area contributed by atoms with Crippen molar-refractivity contribution in [3.63, 3.8) is 0 Å². The van der Waals surface area contributed by atoms with E-state index < -0.39 is 0 Å². The smallest absolute Gasteiger partial charge is 0.0418 e. The minimum Gasteiger partial charge on any atom is -0.358 e. The first-order chi connectivity index (χ1) is 6.40. The van der Waals surface area contributed by atoms with E-state index in [0.29, 0.717) is 0 Å². The van der Waals surface area contributed by atoms with Crippen LogP contribution in [0.15, 0.2) is 48.2 Å². The normalized spacial score (nSPS) is 17.8. The van der Waals surface area contributed by atoms with Crippen molar-refractivity contribution in [1.29, 1.82) is 0 Å². The third-order valence-corrected chi connectivity index (χ3v) is 2.18. The number of benzene rings is 1. The predicted molar refractivity (Wildman–Crippen MR) is 56.7 cm³/mol. The summed E-state index contributed by atoms with van der Waals surface area (Å²) in [5.74, 6) is 0. The first-order valence-corrected chi connectivity index (χ1v) is 4.57. The summed E-state index contributed by atoms with van der Waals surface area (Å²) in [6, 6.07) is 8.42. The van der Waals surface area contributed by atoms with Crippen LogP contribution < -0.4 is 5.32 Å². The first-order valence-electron chi connectivity index (χ1n) is 4.57. The van der Waals surface area contributed by atoms with Gasteiger partial charge < -0.3 is 5.32 Å². The SMILES string of the molecule is C/C=C\C=C1/Cc2ccccc2N1. The molecule has 0 aromatic heterocycles. The molecule has 0 radical (unpaired) electrons. The Morgan fingerprint density at radius 1 is 1.31 bits per heavy atom. The monoisotopic (exact) mass is 171 g/mol. The number of fused-ring (bicyclic) bond motifs is 1. The van der Waals surface area contributed by atoms with Crippen molar-refractivity contribution in [2.75, 3.05) is 5.32 Å². The topological polar surface area (TPSA) is 12.0 Å². The highest BCUT2D eigenvalue weighted by Gasteiger charge is 2.11. The van der Waals surface area contributed by atoms with E-state index in [4.69, 9.17) is 0 Å². The van der Waals surface area contributed by atoms with Crippen molar-refractivity contribution >= 4 is 5.69 Å². The maximum absolute atomic E-state index is 3.38. The summed E-state index contributed by atoms with van der Waals surface area (Å²) in [7, 11) is 0. The number of allylic oxidation sites excluding steroid dienone is 4. The second-order valence-electron chi connectivity index (χ2n) is 3.18. The van der Waals surface area contributed by atoms with Gasteiger partial charge in [0, 0.05) is 17.8 Å². The Kier molecular flexibility index (Phi) is 2.17. The third kappa shape index (κ3) is 1.64. The summed E-state index contributed by atoms with van der Waals surface area (Å²) in [4.78, 5) is 0. The van der Waals surface area contributed by atoms with Crippen molar-refractivity contribution in [3.05, 3.63) is 53.8 Å². The van der Waals surface area contributed by atoms with Gasteiger partial charge in [-0.25, -0.2) is 0 Å². The average Bonchev–Trinajstić information content (AvgIpc) is 2.57. The van der Waals surface area contributed by atoms with Gasteiger partial charge in [0.1, 0.15) is 0 Å². The molecule has 1 aromatic rings. The standard InChI is InChI=1S/C12H13N/c1-2-3-7-11-9-10-6-4-5-8-12(10)13-11/h2-8,13H,9H2,1H3/b3-2-,11-7+. The summed E-state index contributed by atoms with van der Waals surface area (Å²) in [5, 5.41) is 3.38. The molecule has 0 saturated carbocycles. The van der Waals surface area contributed by atoms with Gasteiger partial charge >= 0.3 is 0 Å². The van der Waals surface area contributed by atoms with Crippen LogP contribution in [-0.2, 0) is 6.42 Å². The van der Waals surface area contributed by atoms with Gasteiger partial charge in [0.2, 0.25) is 0 Å². The van der Waals surface area contributed by atoms with E-state index in [9.17, 15) is 0 Å². The number of rotatable bonds is 1. The highest BCUT2D eigenvalue weighted by molar-refractivity contribution is 5.62. The maximum atomic E-state index is 3.38. The van der Waals surface area contributed by atoms with Crippen molar-refractivity contribution in [1.82, 2.24) is 0 Å². The van der Waals surface area contributed by atoms with Crippen molar-refractivity contribution in [3.8, 4) is 0 Å². The van der Waals surface area contributed by atoms with Crippen LogP contribution in [0.5, 0.6) is 0 Å². The number of nitrogens with one attached hydrogen (secondary N) is 1. The lowest BCUT2D eigenvalue weighted by Gasteiger charge is -1.96. The lowest BCUT2D eigenvalue weighted by molar-refractivity contribution is 1.25. The molecule has 1 N–H and O–H groups in total. The average molecular weight is 171 g/mol. The van der Waals surface area contributed by atoms with Crippen molar-refractivity contribution in [2.24, 2.45) is 0 Å². The Morgan fingerprint density at radius 2 is 2.15 bits per heavy atom. The van der Waals surface area contributed by atoms with Crippen LogP contribution in [0.25, 0.3) is 0 Å². The highest BCUT2D eigenvalue weighted by Crippen LogP contribution is 2.26. The molecule has 0 fully saturated rings. The molecule has 0 bridgehead atoms. The van der Waals surface area contributed by atoms with Crippen LogP contribution in [0.3, 0.4) is 0 Å². The molecule has 1 heteroatoms. The highest BCUT2D eigenvalue weighted by atomic mass is 14.9. The van der Waals surface area contributed by atoms with Crippen LogP contribution in [0.4, 0.5) is 5.69 Å². The second kappa shape index (κ2) is 3.48. The fourth-order valence-corrected chi connectivity index (χ4v) is 1.53. The van der Waals surface area contributed by atoms with E-state index in [2.05, 4.69) is 41.7 Å². The van der Waals surface area contributed by atoms with Gasteiger partial charge in [-0.15, -0.1) is 0 Å². The Balaban J connectivity index is 2.23. The van der Waals surface area contributed by atoms with Crippen molar-refractivity contribution in [2.45, 2.75) is 13.3 Å². The van der Waals surface area contributed by atoms with Gasteiger partial charge in [0.15, 0.2) is 0 Å². The zero-order valence-electron chi connectivity index (χ0n) is 7.75. The first kappa shape index (κ1) is 8.11. The molecule has 0 saturated heterocycles. The molecule has 1 nitrogen and oxygen atoms in total. The number of anilines is 1. The van der Waals surface area contributed by atoms with E-state index in [1.807, 2.05) is 13.0 Å². The molecular weight excluding hydrogens is 158 g/mol. The molecule has 13 heavy (non-hydrogen) atoms. The second-order valence-corrected chi connectivity index (χ2v) is 3.18. The van der Waals surface area contributed by atoms with E-state index in [1.54, 1.807) is 0 Å². The predicted octanol–water partition coefficient (Wildman–Crippen LogP) is 3.11. The number of hydrogen-bond donors (Lipinski definition) is 1. The maximum Gasteiger partial charge on any atom is 0.0418 e. The lowest BCUT2D eigenvalue weighted by atomic mass is 10.1. The zero-order valence-corrected chi connectivity index (χ0v) is 7.75. The molecule has 0 atom stereocenters. The molecule has 1 aliphatic heterocycles. The summed E-state index contributed by atoms with van der Waals surface area (Å²) in [5.41, 5.74) is 3.91. The number of para-hydroxylation sites is 1. The lowest BCUT2D eigenvalue weighted by Crippen LogP contribution is -1.89. The van der Waals surface area contributed by atoms with Gasteiger partial charge in [-0.3, -0.25) is 0 Å². The largest absolute Gasteiger partial charge is 0.358 e. The van der Waals surface area contributed by atoms with E-state index >= 15 is 0 Å². The van der Waals surface area contributed by atoms with Crippen LogP contribution in [-0.4, -0.2) is 0 Å². The Hall–Kier alpha value is -1.50. The van der Waals surface area contributed by atoms with Gasteiger partial charge in [-0.05, 0) is 24.6 Å². The molecule has 1 aliphatic rings. The molecule has 2 rings (SSSR count). The van der Waals surface area contributed by atoms with E-state index in [1.165, 1.54) is 16.9 Å². The van der Waals surface area contributed by atoms with Crippen LogP contribution in [0.1, 0.15) is 12.5 Å². The van der Waals surface area contributed by atoms with Crippen molar-refractivity contribution < 1.29 is 0 Å². The molecule has 0 aliphatic carbocycles. The fourth-order valence-electron chi connectivity index (χ4n) is 1.53. The minimum atomic E-state index is 1.03. The zero-order chi connectivity index (χ0) is 9.10. The molecule has 0 spiro atoms. The molecular formula is C12H13N. The fraction of sp³-hybridized carbons (Fsp3) is 0.167. The quantitative estimate of drug-likeness (QED) is 0.684. The van der Waals surface area contributed by atoms with Crippen LogP contribution >= 0.6 is 0 Å². The molecule has 66 valence electrons. The summed E-state index contributed by atoms with van der Waals surface area (Å²) >= 11 is 0. The summed E-state index contributed by atoms with van der Waals surface area (Å²) < 4.78 is 0. The van der Waals surface area contributed by atoms with Gasteiger partial charge in [0.05, 0.1) is 0 Å². The van der Waals surface area contributed by atoms with E-state index in [0.717, 1.165) is 6.42 Å².